The van der Waals surface area contributed by atoms with E-state index < -0.39 is 14.9 Å². The molecule has 22 heavy (non-hydrogen) atoms. The second kappa shape index (κ2) is 6.39. The van der Waals surface area contributed by atoms with Crippen molar-refractivity contribution in [2.45, 2.75) is 6.92 Å². The first-order valence-electron chi connectivity index (χ1n) is 6.37. The van der Waals surface area contributed by atoms with Crippen LogP contribution in [0.2, 0.25) is 0 Å². The largest absolute Gasteiger partial charge is 0.340 e. The van der Waals surface area contributed by atoms with Crippen LogP contribution in [0.4, 0.5) is 22.9 Å². The van der Waals surface area contributed by atoms with Gasteiger partial charge in [0.2, 0.25) is 10.0 Å². The van der Waals surface area contributed by atoms with Gasteiger partial charge in [-0.2, -0.15) is 0 Å². The smallest absolute Gasteiger partial charge is 0.287 e. The lowest BCUT2D eigenvalue weighted by Gasteiger charge is -2.08. The summed E-state index contributed by atoms with van der Waals surface area (Å²) >= 11 is 0. The van der Waals surface area contributed by atoms with Crippen LogP contribution >= 0.6 is 0 Å². The number of nitrogens with zero attached hydrogens (tertiary/aromatic N) is 2. The molecule has 0 fully saturated rings. The molecule has 0 saturated carbocycles. The van der Waals surface area contributed by atoms with Crippen molar-refractivity contribution in [2.24, 2.45) is 0 Å². The predicted molar refractivity (Wildman–Crippen MR) is 83.7 cm³/mol. The van der Waals surface area contributed by atoms with Crippen molar-refractivity contribution in [3.63, 3.8) is 0 Å². The van der Waals surface area contributed by atoms with Crippen LogP contribution in [0.3, 0.4) is 0 Å². The monoisotopic (exact) mass is 322 g/mol. The first kappa shape index (κ1) is 15.7. The fourth-order valence-corrected chi connectivity index (χ4v) is 2.23. The Labute approximate surface area is 127 Å². The van der Waals surface area contributed by atoms with Crippen molar-refractivity contribution < 1.29 is 13.3 Å². The van der Waals surface area contributed by atoms with E-state index in [1.54, 1.807) is 31.2 Å². The Balaban J connectivity index is 2.06. The molecule has 0 unspecified atom stereocenters. The summed E-state index contributed by atoms with van der Waals surface area (Å²) in [5.41, 5.74) is 1.06. The van der Waals surface area contributed by atoms with Crippen molar-refractivity contribution >= 4 is 32.9 Å². The number of hydrogen-bond acceptors (Lipinski definition) is 6. The number of pyridine rings is 1. The second-order valence-electron chi connectivity index (χ2n) is 4.37. The maximum Gasteiger partial charge on any atom is 0.287 e. The topological polar surface area (TPSA) is 114 Å². The second-order valence-corrected chi connectivity index (χ2v) is 6.38. The number of anilines is 3. The summed E-state index contributed by atoms with van der Waals surface area (Å²) in [6.07, 6.45) is 1.16. The maximum absolute atomic E-state index is 11.4. The minimum atomic E-state index is -3.30. The van der Waals surface area contributed by atoms with Gasteiger partial charge in [0.15, 0.2) is 0 Å². The summed E-state index contributed by atoms with van der Waals surface area (Å²) in [6.45, 7) is 1.55. The quantitative estimate of drug-likeness (QED) is 0.624. The molecule has 0 aliphatic carbocycles. The van der Waals surface area contributed by atoms with Crippen LogP contribution in [0.5, 0.6) is 0 Å². The van der Waals surface area contributed by atoms with Gasteiger partial charge >= 0.3 is 0 Å². The fourth-order valence-electron chi connectivity index (χ4n) is 1.59. The molecule has 1 aromatic carbocycles. The Morgan fingerprint density at radius 3 is 2.27 bits per heavy atom. The van der Waals surface area contributed by atoms with E-state index in [0.29, 0.717) is 17.2 Å². The summed E-state index contributed by atoms with van der Waals surface area (Å²) in [5.74, 6) is 0.451. The van der Waals surface area contributed by atoms with Crippen LogP contribution in [0.25, 0.3) is 0 Å². The van der Waals surface area contributed by atoms with Crippen molar-refractivity contribution in [1.29, 1.82) is 0 Å². The van der Waals surface area contributed by atoms with Gasteiger partial charge < -0.3 is 5.32 Å². The highest BCUT2D eigenvalue weighted by Gasteiger charge is 2.07. The lowest BCUT2D eigenvalue weighted by Crippen LogP contribution is -2.14. The molecule has 0 aliphatic heterocycles. The van der Waals surface area contributed by atoms with Crippen molar-refractivity contribution in [3.8, 4) is 0 Å². The maximum atomic E-state index is 11.4. The number of benzene rings is 1. The Bertz CT molecular complexity index is 758. The van der Waals surface area contributed by atoms with E-state index in [0.717, 1.165) is 6.20 Å². The van der Waals surface area contributed by atoms with Gasteiger partial charge in [0.05, 0.1) is 10.7 Å². The molecular weight excluding hydrogens is 308 g/mol. The number of rotatable bonds is 6. The first-order valence-corrected chi connectivity index (χ1v) is 8.03. The predicted octanol–water partition coefficient (Wildman–Crippen LogP) is 2.50. The van der Waals surface area contributed by atoms with Crippen molar-refractivity contribution in [3.05, 3.63) is 52.7 Å². The standard InChI is InChI=1S/C13H14N4O4S/c1-2-22(20,21)16-11-5-3-10(4-6-11)15-13-8-7-12(9-14-13)17(18)19/h3-9,16H,2H2,1H3,(H,14,15). The van der Waals surface area contributed by atoms with Gasteiger partial charge in [-0.1, -0.05) is 0 Å². The van der Waals surface area contributed by atoms with E-state index in [9.17, 15) is 18.5 Å². The average Bonchev–Trinajstić information content (AvgIpc) is 2.49. The third-order valence-corrected chi connectivity index (χ3v) is 4.08. The molecule has 2 N–H and O–H groups in total. The van der Waals surface area contributed by atoms with Crippen LogP contribution in [0.1, 0.15) is 6.92 Å². The van der Waals surface area contributed by atoms with Gasteiger partial charge in [0.1, 0.15) is 12.0 Å². The minimum Gasteiger partial charge on any atom is -0.340 e. The molecular formula is C13H14N4O4S. The molecule has 1 heterocycles. The molecule has 0 atom stereocenters. The number of sulfonamides is 1. The van der Waals surface area contributed by atoms with E-state index in [1.165, 1.54) is 12.1 Å². The van der Waals surface area contributed by atoms with Crippen molar-refractivity contribution in [1.82, 2.24) is 4.98 Å². The zero-order valence-corrected chi connectivity index (χ0v) is 12.5. The highest BCUT2D eigenvalue weighted by Crippen LogP contribution is 2.19. The van der Waals surface area contributed by atoms with Gasteiger partial charge in [0, 0.05) is 17.4 Å². The molecule has 116 valence electrons. The zero-order chi connectivity index (χ0) is 16.2. The van der Waals surface area contributed by atoms with E-state index in [2.05, 4.69) is 15.0 Å². The third-order valence-electron chi connectivity index (χ3n) is 2.77. The van der Waals surface area contributed by atoms with Crippen molar-refractivity contribution in [2.75, 3.05) is 15.8 Å². The minimum absolute atomic E-state index is 0.000281. The molecule has 2 rings (SSSR count). The van der Waals surface area contributed by atoms with Crippen LogP contribution in [-0.4, -0.2) is 24.1 Å². The number of aromatic nitrogens is 1. The molecule has 0 radical (unpaired) electrons. The summed E-state index contributed by atoms with van der Waals surface area (Å²) in [5, 5.41) is 13.5. The summed E-state index contributed by atoms with van der Waals surface area (Å²) in [7, 11) is -3.30. The van der Waals surface area contributed by atoms with E-state index in [-0.39, 0.29) is 11.4 Å². The lowest BCUT2D eigenvalue weighted by atomic mass is 10.3. The highest BCUT2D eigenvalue weighted by molar-refractivity contribution is 7.92. The molecule has 0 saturated heterocycles. The summed E-state index contributed by atoms with van der Waals surface area (Å²) < 4.78 is 25.3. The fraction of sp³-hybridized carbons (Fsp3) is 0.154. The van der Waals surface area contributed by atoms with Gasteiger partial charge in [0.25, 0.3) is 5.69 Å². The molecule has 1 aromatic heterocycles. The molecule has 0 amide bonds. The zero-order valence-electron chi connectivity index (χ0n) is 11.7. The van der Waals surface area contributed by atoms with Crippen LogP contribution in [0, 0.1) is 10.1 Å². The van der Waals surface area contributed by atoms with Gasteiger partial charge in [-0.05, 0) is 37.3 Å². The Morgan fingerprint density at radius 2 is 1.77 bits per heavy atom. The number of nitrogens with one attached hydrogen (secondary N) is 2. The van der Waals surface area contributed by atoms with Crippen LogP contribution in [0.15, 0.2) is 42.6 Å². The van der Waals surface area contributed by atoms with Crippen LogP contribution in [-0.2, 0) is 10.0 Å². The highest BCUT2D eigenvalue weighted by atomic mass is 32.2. The van der Waals surface area contributed by atoms with E-state index in [1.807, 2.05) is 0 Å². The van der Waals surface area contributed by atoms with Crippen LogP contribution < -0.4 is 10.0 Å². The van der Waals surface area contributed by atoms with E-state index in [4.69, 9.17) is 0 Å². The molecule has 0 bridgehead atoms. The summed E-state index contributed by atoms with van der Waals surface area (Å²) in [4.78, 5) is 13.9. The molecule has 0 spiro atoms. The van der Waals surface area contributed by atoms with Gasteiger partial charge in [-0.3, -0.25) is 14.8 Å². The average molecular weight is 322 g/mol. The Kier molecular flexibility index (Phi) is 4.56. The normalized spacial score (nSPS) is 11.0. The Morgan fingerprint density at radius 1 is 1.14 bits per heavy atom. The van der Waals surface area contributed by atoms with E-state index >= 15 is 0 Å². The SMILES string of the molecule is CCS(=O)(=O)Nc1ccc(Nc2ccc([N+](=O)[O-])cn2)cc1. The lowest BCUT2D eigenvalue weighted by molar-refractivity contribution is -0.385. The molecule has 2 aromatic rings. The summed E-state index contributed by atoms with van der Waals surface area (Å²) in [6, 6.07) is 9.42. The molecule has 0 aliphatic rings. The number of hydrogen-bond donors (Lipinski definition) is 2. The molecule has 8 nitrogen and oxygen atoms in total. The number of nitro groups is 1. The Hall–Kier alpha value is -2.68. The first-order chi connectivity index (χ1) is 10.4. The molecule has 9 heteroatoms. The third kappa shape index (κ3) is 4.16. The van der Waals surface area contributed by atoms with Gasteiger partial charge in [-0.25, -0.2) is 13.4 Å². The van der Waals surface area contributed by atoms with Gasteiger partial charge in [-0.15, -0.1) is 0 Å².